The van der Waals surface area contributed by atoms with Crippen LogP contribution in [0.25, 0.3) is 0 Å². The van der Waals surface area contributed by atoms with Crippen LogP contribution in [0, 0.1) is 0 Å². The zero-order valence-electron chi connectivity index (χ0n) is 10.9. The summed E-state index contributed by atoms with van der Waals surface area (Å²) in [5, 5.41) is 30.6. The molecule has 0 aliphatic carbocycles. The molecule has 2 aromatic rings. The van der Waals surface area contributed by atoms with Gasteiger partial charge in [-0.05, 0) is 23.8 Å². The molecule has 0 saturated heterocycles. The minimum Gasteiger partial charge on any atom is -0.508 e. The number of aromatic carboxylic acids is 1. The second-order valence-corrected chi connectivity index (χ2v) is 4.34. The lowest BCUT2D eigenvalue weighted by molar-refractivity contribution is -0.124. The minimum atomic E-state index is -1.42. The molecule has 0 aliphatic rings. The van der Waals surface area contributed by atoms with E-state index in [1.54, 1.807) is 30.3 Å². The Morgan fingerprint density at radius 3 is 2.33 bits per heavy atom. The summed E-state index contributed by atoms with van der Waals surface area (Å²) in [5.41, 5.74) is 0.134. The Morgan fingerprint density at radius 2 is 1.71 bits per heavy atom. The van der Waals surface area contributed by atoms with Gasteiger partial charge in [0.05, 0.1) is 11.3 Å². The lowest BCUT2D eigenvalue weighted by atomic mass is 10.1. The Hall–Kier alpha value is -2.86. The number of phenols is 1. The van der Waals surface area contributed by atoms with Crippen LogP contribution in [-0.2, 0) is 4.79 Å². The molecule has 0 fully saturated rings. The van der Waals surface area contributed by atoms with Gasteiger partial charge in [0, 0.05) is 0 Å². The van der Waals surface area contributed by atoms with Gasteiger partial charge in [-0.2, -0.15) is 0 Å². The van der Waals surface area contributed by atoms with E-state index in [1.165, 1.54) is 12.1 Å². The second kappa shape index (κ2) is 6.06. The van der Waals surface area contributed by atoms with Crippen LogP contribution in [0.4, 0.5) is 5.69 Å². The van der Waals surface area contributed by atoms with Crippen molar-refractivity contribution in [1.29, 1.82) is 0 Å². The number of hydrogen-bond acceptors (Lipinski definition) is 4. The van der Waals surface area contributed by atoms with Crippen molar-refractivity contribution in [2.45, 2.75) is 6.10 Å². The molecule has 0 aliphatic heterocycles. The molecule has 0 bridgehead atoms. The van der Waals surface area contributed by atoms with Crippen LogP contribution in [0.15, 0.2) is 48.5 Å². The average molecular weight is 287 g/mol. The van der Waals surface area contributed by atoms with E-state index in [0.29, 0.717) is 5.56 Å². The van der Waals surface area contributed by atoms with Gasteiger partial charge in [-0.1, -0.05) is 30.3 Å². The maximum atomic E-state index is 12.0. The van der Waals surface area contributed by atoms with E-state index in [-0.39, 0.29) is 17.0 Å². The van der Waals surface area contributed by atoms with Crippen molar-refractivity contribution < 1.29 is 24.9 Å². The fourth-order valence-electron chi connectivity index (χ4n) is 1.81. The monoisotopic (exact) mass is 287 g/mol. The number of aromatic hydroxyl groups is 1. The van der Waals surface area contributed by atoms with Crippen LogP contribution in [-0.4, -0.2) is 27.2 Å². The summed E-state index contributed by atoms with van der Waals surface area (Å²) in [6.45, 7) is 0. The minimum absolute atomic E-state index is 0.000260. The Balaban J connectivity index is 2.22. The first-order valence-corrected chi connectivity index (χ1v) is 6.09. The van der Waals surface area contributed by atoms with E-state index in [0.717, 1.165) is 6.07 Å². The lowest BCUT2D eigenvalue weighted by Crippen LogP contribution is -2.22. The Labute approximate surface area is 120 Å². The Bertz CT molecular complexity index is 669. The van der Waals surface area contributed by atoms with Crippen molar-refractivity contribution in [3.8, 4) is 5.75 Å². The molecule has 0 spiro atoms. The van der Waals surface area contributed by atoms with E-state index in [1.807, 2.05) is 0 Å². The molecule has 0 saturated carbocycles. The number of carboxylic acid groups (broad SMARTS) is 1. The predicted octanol–water partition coefficient (Wildman–Crippen LogP) is 1.76. The number of nitrogens with one attached hydrogen (secondary N) is 1. The van der Waals surface area contributed by atoms with E-state index < -0.39 is 18.0 Å². The molecule has 4 N–H and O–H groups in total. The summed E-state index contributed by atoms with van der Waals surface area (Å²) < 4.78 is 0. The molecule has 1 atom stereocenters. The van der Waals surface area contributed by atoms with Crippen LogP contribution >= 0.6 is 0 Å². The highest BCUT2D eigenvalue weighted by atomic mass is 16.4. The maximum Gasteiger partial charge on any atom is 0.337 e. The van der Waals surface area contributed by atoms with E-state index in [2.05, 4.69) is 5.32 Å². The first kappa shape index (κ1) is 14.5. The smallest absolute Gasteiger partial charge is 0.337 e. The molecule has 0 radical (unpaired) electrons. The van der Waals surface area contributed by atoms with Gasteiger partial charge in [-0.15, -0.1) is 0 Å². The summed E-state index contributed by atoms with van der Waals surface area (Å²) in [6, 6.07) is 11.8. The van der Waals surface area contributed by atoms with Gasteiger partial charge in [0.1, 0.15) is 5.75 Å². The third kappa shape index (κ3) is 3.37. The summed E-state index contributed by atoms with van der Waals surface area (Å²) in [4.78, 5) is 23.0. The number of rotatable bonds is 4. The summed E-state index contributed by atoms with van der Waals surface area (Å²) in [6.07, 6.45) is -1.42. The van der Waals surface area contributed by atoms with Gasteiger partial charge in [0.25, 0.3) is 5.91 Å². The van der Waals surface area contributed by atoms with Gasteiger partial charge >= 0.3 is 5.97 Å². The number of amides is 1. The lowest BCUT2D eigenvalue weighted by Gasteiger charge is -2.13. The molecule has 2 rings (SSSR count). The standard InChI is InChI=1S/C15H13NO5/c17-10-6-7-12(11(8-10)15(20)21)16-14(19)13(18)9-4-2-1-3-5-9/h1-8,13,17-18H,(H,16,19)(H,20,21). The van der Waals surface area contributed by atoms with Gasteiger partial charge in [-0.25, -0.2) is 4.79 Å². The molecule has 0 heterocycles. The first-order valence-electron chi connectivity index (χ1n) is 6.09. The fraction of sp³-hybridized carbons (Fsp3) is 0.0667. The molecule has 108 valence electrons. The molecule has 1 unspecified atom stereocenters. The van der Waals surface area contributed by atoms with Crippen LogP contribution in [0.1, 0.15) is 22.0 Å². The van der Waals surface area contributed by atoms with Gasteiger partial charge in [0.2, 0.25) is 0 Å². The number of aliphatic hydroxyl groups excluding tert-OH is 1. The van der Waals surface area contributed by atoms with Crippen molar-refractivity contribution in [2.24, 2.45) is 0 Å². The molecular weight excluding hydrogens is 274 g/mol. The third-order valence-electron chi connectivity index (χ3n) is 2.86. The highest BCUT2D eigenvalue weighted by Crippen LogP contribution is 2.23. The molecule has 6 nitrogen and oxygen atoms in total. The first-order chi connectivity index (χ1) is 9.99. The zero-order valence-corrected chi connectivity index (χ0v) is 10.9. The molecule has 1 amide bonds. The summed E-state index contributed by atoms with van der Waals surface area (Å²) >= 11 is 0. The van der Waals surface area contributed by atoms with Crippen molar-refractivity contribution >= 4 is 17.6 Å². The molecule has 2 aromatic carbocycles. The maximum absolute atomic E-state index is 12.0. The van der Waals surface area contributed by atoms with Crippen LogP contribution in [0.2, 0.25) is 0 Å². The number of hydrogen-bond donors (Lipinski definition) is 4. The molecule has 6 heteroatoms. The normalized spacial score (nSPS) is 11.7. The predicted molar refractivity (Wildman–Crippen MR) is 75.1 cm³/mol. The highest BCUT2D eigenvalue weighted by Gasteiger charge is 2.20. The third-order valence-corrected chi connectivity index (χ3v) is 2.86. The second-order valence-electron chi connectivity index (χ2n) is 4.34. The van der Waals surface area contributed by atoms with Crippen molar-refractivity contribution in [3.63, 3.8) is 0 Å². The summed E-state index contributed by atoms with van der Waals surface area (Å²) in [5.74, 6) is -2.28. The number of benzene rings is 2. The van der Waals surface area contributed by atoms with Crippen molar-refractivity contribution in [2.75, 3.05) is 5.32 Å². The van der Waals surface area contributed by atoms with Crippen LogP contribution in [0.3, 0.4) is 0 Å². The largest absolute Gasteiger partial charge is 0.508 e. The summed E-state index contributed by atoms with van der Waals surface area (Å²) in [7, 11) is 0. The van der Waals surface area contributed by atoms with E-state index in [4.69, 9.17) is 5.11 Å². The van der Waals surface area contributed by atoms with Gasteiger partial charge < -0.3 is 20.6 Å². The van der Waals surface area contributed by atoms with Crippen molar-refractivity contribution in [3.05, 3.63) is 59.7 Å². The zero-order chi connectivity index (χ0) is 15.4. The van der Waals surface area contributed by atoms with Crippen LogP contribution < -0.4 is 5.32 Å². The molecule has 0 aromatic heterocycles. The topological polar surface area (TPSA) is 107 Å². The van der Waals surface area contributed by atoms with Gasteiger partial charge in [-0.3, -0.25) is 4.79 Å². The van der Waals surface area contributed by atoms with Gasteiger partial charge in [0.15, 0.2) is 6.10 Å². The number of carbonyl (C=O) groups is 2. The van der Waals surface area contributed by atoms with E-state index in [9.17, 15) is 19.8 Å². The number of phenolic OH excluding ortho intramolecular Hbond substituents is 1. The number of aliphatic hydroxyl groups is 1. The van der Waals surface area contributed by atoms with Crippen LogP contribution in [0.5, 0.6) is 5.75 Å². The van der Waals surface area contributed by atoms with E-state index >= 15 is 0 Å². The molecule has 21 heavy (non-hydrogen) atoms. The average Bonchev–Trinajstić information content (AvgIpc) is 2.49. The fourth-order valence-corrected chi connectivity index (χ4v) is 1.81. The number of carboxylic acids is 1. The number of carbonyl (C=O) groups excluding carboxylic acids is 1. The highest BCUT2D eigenvalue weighted by molar-refractivity contribution is 6.02. The Morgan fingerprint density at radius 1 is 1.05 bits per heavy atom. The SMILES string of the molecule is O=C(O)c1cc(O)ccc1NC(=O)C(O)c1ccccc1. The van der Waals surface area contributed by atoms with Crippen molar-refractivity contribution in [1.82, 2.24) is 0 Å². The number of anilines is 1. The quantitative estimate of drug-likeness (QED) is 0.641. The Kier molecular flexibility index (Phi) is 4.20. The molecular formula is C15H13NO5.